The van der Waals surface area contributed by atoms with Crippen molar-refractivity contribution in [2.75, 3.05) is 4.72 Å². The molecule has 0 saturated heterocycles. The number of hydrogen-bond acceptors (Lipinski definition) is 1. The zero-order chi connectivity index (χ0) is 12.8. The Morgan fingerprint density at radius 2 is 2.12 bits per heavy atom. The van der Waals surface area contributed by atoms with Crippen LogP contribution in [0.4, 0.5) is 5.69 Å². The summed E-state index contributed by atoms with van der Waals surface area (Å²) in [4.78, 5) is 0.878. The van der Waals surface area contributed by atoms with Crippen LogP contribution in [-0.2, 0) is 11.0 Å². The van der Waals surface area contributed by atoms with Crippen molar-refractivity contribution in [1.82, 2.24) is 0 Å². The first-order valence-electron chi connectivity index (χ1n) is 5.92. The Morgan fingerprint density at radius 1 is 1.41 bits per heavy atom. The fourth-order valence-corrected chi connectivity index (χ4v) is 2.92. The van der Waals surface area contributed by atoms with Gasteiger partial charge in [0.15, 0.2) is 11.0 Å². The van der Waals surface area contributed by atoms with Gasteiger partial charge in [-0.2, -0.15) is 0 Å². The summed E-state index contributed by atoms with van der Waals surface area (Å²) in [6.07, 6.45) is 4.68. The third kappa shape index (κ3) is 2.67. The quantitative estimate of drug-likeness (QED) is 0.836. The molecule has 2 rings (SSSR count). The van der Waals surface area contributed by atoms with Crippen molar-refractivity contribution >= 4 is 27.7 Å². The number of nitrogens with one attached hydrogen (secondary N) is 1. The van der Waals surface area contributed by atoms with Crippen LogP contribution in [0.15, 0.2) is 30.9 Å². The predicted molar refractivity (Wildman–Crippen MR) is 77.9 cm³/mol. The van der Waals surface area contributed by atoms with Crippen molar-refractivity contribution in [2.45, 2.75) is 27.2 Å². The molecule has 1 heterocycles. The highest BCUT2D eigenvalue weighted by molar-refractivity contribution is 7.96. The van der Waals surface area contributed by atoms with Gasteiger partial charge in [-0.15, -0.1) is 0 Å². The Hall–Kier alpha value is -1.35. The van der Waals surface area contributed by atoms with Gasteiger partial charge in [0.2, 0.25) is 0 Å². The second kappa shape index (κ2) is 6.40. The minimum Gasteiger partial charge on any atom is -0.300 e. The Kier molecular flexibility index (Phi) is 5.16. The second-order valence-corrected chi connectivity index (χ2v) is 4.50. The summed E-state index contributed by atoms with van der Waals surface area (Å²) in [6, 6.07) is 5.87. The number of allylic oxidation sites excluding steroid dienone is 1. The SMILES string of the molecule is C=Cc1cccc2c1/C(=C\CC)S(=O)N2.CC. The molecular formula is C14H19NOS. The van der Waals surface area contributed by atoms with E-state index < -0.39 is 11.0 Å². The average Bonchev–Trinajstić information content (AvgIpc) is 2.69. The van der Waals surface area contributed by atoms with Gasteiger partial charge in [0.25, 0.3) is 0 Å². The van der Waals surface area contributed by atoms with Crippen molar-refractivity contribution in [3.8, 4) is 0 Å². The molecule has 1 aliphatic rings. The minimum absolute atomic E-state index is 0.878. The second-order valence-electron chi connectivity index (χ2n) is 3.32. The monoisotopic (exact) mass is 249 g/mol. The van der Waals surface area contributed by atoms with Crippen LogP contribution in [0.5, 0.6) is 0 Å². The number of benzene rings is 1. The molecule has 0 saturated carbocycles. The zero-order valence-electron chi connectivity index (χ0n) is 10.6. The van der Waals surface area contributed by atoms with Crippen molar-refractivity contribution in [1.29, 1.82) is 0 Å². The molecule has 1 atom stereocenters. The molecule has 1 unspecified atom stereocenters. The molecule has 1 aromatic rings. The van der Waals surface area contributed by atoms with Crippen LogP contribution >= 0.6 is 0 Å². The lowest BCUT2D eigenvalue weighted by atomic mass is 10.0. The van der Waals surface area contributed by atoms with Gasteiger partial charge < -0.3 is 4.72 Å². The van der Waals surface area contributed by atoms with Crippen LogP contribution in [-0.4, -0.2) is 4.21 Å². The standard InChI is InChI=1S/C12H13NOS.C2H6/c1-3-6-11-12-9(4-2)7-5-8-10(12)13-15(11)14;1-2/h4-8,13H,2-3H2,1H3;1-2H3/b11-6+;. The first-order valence-corrected chi connectivity index (χ1v) is 7.07. The Bertz CT molecular complexity index is 463. The molecule has 1 aliphatic heterocycles. The molecule has 0 fully saturated rings. The van der Waals surface area contributed by atoms with E-state index in [0.29, 0.717) is 0 Å². The fourth-order valence-electron chi connectivity index (χ4n) is 1.71. The largest absolute Gasteiger partial charge is 0.300 e. The van der Waals surface area contributed by atoms with Gasteiger partial charge in [-0.3, -0.25) is 0 Å². The number of fused-ring (bicyclic) bond motifs is 1. The van der Waals surface area contributed by atoms with Gasteiger partial charge in [0.05, 0.1) is 10.6 Å². The van der Waals surface area contributed by atoms with Gasteiger partial charge in [-0.25, -0.2) is 4.21 Å². The van der Waals surface area contributed by atoms with E-state index in [0.717, 1.165) is 28.1 Å². The Morgan fingerprint density at radius 3 is 2.71 bits per heavy atom. The number of rotatable bonds is 2. The maximum Gasteiger partial charge on any atom is 0.150 e. The zero-order valence-corrected chi connectivity index (χ0v) is 11.4. The van der Waals surface area contributed by atoms with E-state index in [9.17, 15) is 4.21 Å². The van der Waals surface area contributed by atoms with E-state index in [1.165, 1.54) is 0 Å². The van der Waals surface area contributed by atoms with Crippen molar-refractivity contribution in [3.05, 3.63) is 42.0 Å². The molecule has 3 heteroatoms. The Labute approximate surface area is 106 Å². The summed E-state index contributed by atoms with van der Waals surface area (Å²) in [7, 11) is -1.11. The van der Waals surface area contributed by atoms with E-state index in [-0.39, 0.29) is 0 Å². The van der Waals surface area contributed by atoms with Crippen LogP contribution < -0.4 is 4.72 Å². The predicted octanol–water partition coefficient (Wildman–Crippen LogP) is 4.20. The molecule has 1 N–H and O–H groups in total. The third-order valence-electron chi connectivity index (χ3n) is 2.35. The van der Waals surface area contributed by atoms with E-state index >= 15 is 0 Å². The first-order chi connectivity index (χ1) is 8.27. The van der Waals surface area contributed by atoms with Crippen molar-refractivity contribution in [3.63, 3.8) is 0 Å². The molecular weight excluding hydrogens is 230 g/mol. The van der Waals surface area contributed by atoms with Crippen LogP contribution in [0, 0.1) is 0 Å². The van der Waals surface area contributed by atoms with Crippen LogP contribution in [0.2, 0.25) is 0 Å². The normalized spacial score (nSPS) is 19.0. The first kappa shape index (κ1) is 13.7. The lowest BCUT2D eigenvalue weighted by Crippen LogP contribution is -1.94. The Balaban J connectivity index is 0.000000686. The van der Waals surface area contributed by atoms with Gasteiger partial charge in [-0.05, 0) is 18.1 Å². The molecule has 2 nitrogen and oxygen atoms in total. The summed E-state index contributed by atoms with van der Waals surface area (Å²) < 4.78 is 14.7. The van der Waals surface area contributed by atoms with Gasteiger partial charge in [0, 0.05) is 5.56 Å². The molecule has 0 aromatic heterocycles. The van der Waals surface area contributed by atoms with Crippen molar-refractivity contribution in [2.24, 2.45) is 0 Å². The van der Waals surface area contributed by atoms with Crippen LogP contribution in [0.3, 0.4) is 0 Å². The van der Waals surface area contributed by atoms with Crippen LogP contribution in [0.1, 0.15) is 38.3 Å². The molecule has 0 spiro atoms. The molecule has 0 bridgehead atoms. The summed E-state index contributed by atoms with van der Waals surface area (Å²) in [6.45, 7) is 9.81. The molecule has 1 aromatic carbocycles. The average molecular weight is 249 g/mol. The smallest absolute Gasteiger partial charge is 0.150 e. The topological polar surface area (TPSA) is 29.1 Å². The maximum atomic E-state index is 11.8. The number of hydrogen-bond donors (Lipinski definition) is 1. The third-order valence-corrected chi connectivity index (χ3v) is 3.53. The van der Waals surface area contributed by atoms with E-state index in [1.54, 1.807) is 6.08 Å². The van der Waals surface area contributed by atoms with Gasteiger partial charge in [-0.1, -0.05) is 51.6 Å². The molecule has 0 aliphatic carbocycles. The lowest BCUT2D eigenvalue weighted by molar-refractivity contribution is 0.692. The van der Waals surface area contributed by atoms with Gasteiger partial charge in [0.1, 0.15) is 0 Å². The van der Waals surface area contributed by atoms with Crippen LogP contribution in [0.25, 0.3) is 11.0 Å². The van der Waals surface area contributed by atoms with Crippen molar-refractivity contribution < 1.29 is 4.21 Å². The highest BCUT2D eigenvalue weighted by Gasteiger charge is 2.24. The van der Waals surface area contributed by atoms with Gasteiger partial charge >= 0.3 is 0 Å². The highest BCUT2D eigenvalue weighted by Crippen LogP contribution is 2.37. The number of anilines is 1. The summed E-state index contributed by atoms with van der Waals surface area (Å²) in [5.41, 5.74) is 3.00. The summed E-state index contributed by atoms with van der Waals surface area (Å²) >= 11 is 0. The van der Waals surface area contributed by atoms with E-state index in [1.807, 2.05) is 45.0 Å². The fraction of sp³-hybridized carbons (Fsp3) is 0.286. The molecule has 0 amide bonds. The molecule has 92 valence electrons. The lowest BCUT2D eigenvalue weighted by Gasteiger charge is -2.02. The maximum absolute atomic E-state index is 11.8. The van der Waals surface area contributed by atoms with E-state index in [4.69, 9.17) is 0 Å². The minimum atomic E-state index is -1.11. The summed E-state index contributed by atoms with van der Waals surface area (Å²) in [5.74, 6) is 0. The molecule has 0 radical (unpaired) electrons. The summed E-state index contributed by atoms with van der Waals surface area (Å²) in [5, 5.41) is 0. The molecule has 17 heavy (non-hydrogen) atoms. The van der Waals surface area contributed by atoms with E-state index in [2.05, 4.69) is 11.3 Å². The highest BCUT2D eigenvalue weighted by atomic mass is 32.2.